The Morgan fingerprint density at radius 1 is 1.27 bits per heavy atom. The Morgan fingerprint density at radius 2 is 1.73 bits per heavy atom. The molecule has 0 aromatic carbocycles. The van der Waals surface area contributed by atoms with E-state index >= 15 is 0 Å². The van der Waals surface area contributed by atoms with Crippen molar-refractivity contribution in [2.75, 3.05) is 13.2 Å². The molecule has 11 heavy (non-hydrogen) atoms. The molecule has 0 atom stereocenters. The first-order valence-corrected chi connectivity index (χ1v) is 3.28. The van der Waals surface area contributed by atoms with Crippen molar-refractivity contribution in [1.29, 1.82) is 0 Å². The summed E-state index contributed by atoms with van der Waals surface area (Å²) in [5.41, 5.74) is 0.0734. The van der Waals surface area contributed by atoms with Crippen LogP contribution in [0.25, 0.3) is 0 Å². The van der Waals surface area contributed by atoms with Gasteiger partial charge in [-0.15, -0.1) is 0 Å². The van der Waals surface area contributed by atoms with Crippen molar-refractivity contribution in [1.82, 2.24) is 0 Å². The highest BCUT2D eigenvalue weighted by molar-refractivity contribution is 5.82. The zero-order valence-corrected chi connectivity index (χ0v) is 6.49. The molecule has 0 aromatic rings. The molecule has 0 amide bonds. The van der Waals surface area contributed by atoms with Crippen LogP contribution in [0.1, 0.15) is 13.8 Å². The van der Waals surface area contributed by atoms with Gasteiger partial charge in [0.1, 0.15) is 13.2 Å². The molecule has 0 spiro atoms. The van der Waals surface area contributed by atoms with E-state index in [4.69, 9.17) is 9.47 Å². The monoisotopic (exact) mass is 160 g/mol. The van der Waals surface area contributed by atoms with Crippen molar-refractivity contribution in [2.24, 2.45) is 0 Å². The number of rotatable bonds is 0. The summed E-state index contributed by atoms with van der Waals surface area (Å²) in [5, 5.41) is 20.3. The molecule has 0 N–H and O–H groups in total. The summed E-state index contributed by atoms with van der Waals surface area (Å²) >= 11 is 0. The summed E-state index contributed by atoms with van der Waals surface area (Å²) in [6.45, 7) is 3.56. The number of hydrogen-bond acceptors (Lipinski definition) is 4. The third-order valence-electron chi connectivity index (χ3n) is 1.43. The van der Waals surface area contributed by atoms with Crippen LogP contribution in [0.2, 0.25) is 0 Å². The third kappa shape index (κ3) is 2.06. The van der Waals surface area contributed by atoms with Crippen molar-refractivity contribution in [3.8, 4) is 0 Å². The highest BCUT2D eigenvalue weighted by Crippen LogP contribution is 2.15. The maximum atomic E-state index is 10.2. The van der Waals surface area contributed by atoms with E-state index < -0.39 is 10.7 Å². The van der Waals surface area contributed by atoms with Gasteiger partial charge in [0.25, 0.3) is 0 Å². The molecule has 1 saturated heterocycles. The van der Waals surface area contributed by atoms with Crippen LogP contribution in [0.3, 0.4) is 0 Å². The van der Waals surface area contributed by atoms with E-state index in [-0.39, 0.29) is 18.9 Å². The van der Waals surface area contributed by atoms with Gasteiger partial charge >= 0.3 is 0 Å². The van der Waals surface area contributed by atoms with E-state index in [0.29, 0.717) is 0 Å². The molecule has 5 heteroatoms. The first-order chi connectivity index (χ1) is 5.01. The third-order valence-corrected chi connectivity index (χ3v) is 1.43. The van der Waals surface area contributed by atoms with Gasteiger partial charge in [-0.2, -0.15) is 4.90 Å². The van der Waals surface area contributed by atoms with Crippen LogP contribution in [0, 0.1) is 10.4 Å². The van der Waals surface area contributed by atoms with Crippen molar-refractivity contribution >= 4 is 5.71 Å². The van der Waals surface area contributed by atoms with Gasteiger partial charge in [-0.1, -0.05) is 0 Å². The summed E-state index contributed by atoms with van der Waals surface area (Å²) in [4.78, 5) is -0.463. The van der Waals surface area contributed by atoms with Gasteiger partial charge < -0.3 is 19.9 Å². The average molecular weight is 160 g/mol. The van der Waals surface area contributed by atoms with Gasteiger partial charge in [-0.05, 0) is 13.8 Å². The van der Waals surface area contributed by atoms with Gasteiger partial charge in [0.15, 0.2) is 5.79 Å². The van der Waals surface area contributed by atoms with E-state index in [1.807, 2.05) is 0 Å². The largest absolute Gasteiger partial charge is 0.612 e. The molecule has 1 aliphatic heterocycles. The minimum atomic E-state index is -0.681. The molecule has 1 aliphatic rings. The van der Waals surface area contributed by atoms with Crippen molar-refractivity contribution < 1.29 is 14.4 Å². The predicted octanol–water partition coefficient (Wildman–Crippen LogP) is 0.218. The normalized spacial score (nSPS) is 23.3. The second-order valence-corrected chi connectivity index (χ2v) is 2.80. The highest BCUT2D eigenvalue weighted by atomic mass is 16.8. The number of hydrogen-bond donors (Lipinski definition) is 0. The van der Waals surface area contributed by atoms with E-state index in [1.54, 1.807) is 13.8 Å². The van der Waals surface area contributed by atoms with Crippen LogP contribution in [-0.4, -0.2) is 29.6 Å². The van der Waals surface area contributed by atoms with E-state index in [2.05, 4.69) is 0 Å². The van der Waals surface area contributed by atoms with E-state index in [1.165, 1.54) is 0 Å². The minimum absolute atomic E-state index is 0.0556. The standard InChI is InChI=1S/C6H10NO4/c1-6(2)10-3-5(4-11-6)7(8)9/h3-4H2,1-2H3/q-1. The van der Waals surface area contributed by atoms with Crippen LogP contribution < -0.4 is 0 Å². The second kappa shape index (κ2) is 2.67. The summed E-state index contributed by atoms with van der Waals surface area (Å²) in [7, 11) is 0. The first-order valence-electron chi connectivity index (χ1n) is 3.28. The quantitative estimate of drug-likeness (QED) is 0.375. The lowest BCUT2D eigenvalue weighted by Gasteiger charge is -2.30. The molecule has 0 radical (unpaired) electrons. The zero-order chi connectivity index (χ0) is 8.48. The van der Waals surface area contributed by atoms with Gasteiger partial charge in [-0.25, -0.2) is 0 Å². The van der Waals surface area contributed by atoms with Crippen LogP contribution in [0.15, 0.2) is 0 Å². The Morgan fingerprint density at radius 3 is 2.09 bits per heavy atom. The highest BCUT2D eigenvalue weighted by Gasteiger charge is 2.28. The molecule has 5 nitrogen and oxygen atoms in total. The number of nitrogens with zero attached hydrogens (tertiary/aromatic N) is 1. The lowest BCUT2D eigenvalue weighted by Crippen LogP contribution is -2.41. The lowest BCUT2D eigenvalue weighted by molar-refractivity contribution is -0.391. The molecule has 1 rings (SSSR count). The van der Waals surface area contributed by atoms with Crippen LogP contribution in [0.4, 0.5) is 0 Å². The van der Waals surface area contributed by atoms with E-state index in [0.717, 1.165) is 0 Å². The Balaban J connectivity index is 2.56. The van der Waals surface area contributed by atoms with Crippen molar-refractivity contribution in [3.63, 3.8) is 0 Å². The van der Waals surface area contributed by atoms with E-state index in [9.17, 15) is 10.4 Å². The fraction of sp³-hybridized carbons (Fsp3) is 0.833. The molecule has 64 valence electrons. The summed E-state index contributed by atoms with van der Waals surface area (Å²) < 4.78 is 10.1. The molecule has 0 bridgehead atoms. The van der Waals surface area contributed by atoms with Gasteiger partial charge in [0.05, 0.1) is 0 Å². The fourth-order valence-corrected chi connectivity index (χ4v) is 0.703. The van der Waals surface area contributed by atoms with Crippen LogP contribution in [-0.2, 0) is 9.47 Å². The second-order valence-electron chi connectivity index (χ2n) is 2.80. The fourth-order valence-electron chi connectivity index (χ4n) is 0.703. The minimum Gasteiger partial charge on any atom is -0.612 e. The molecule has 0 saturated carbocycles. The van der Waals surface area contributed by atoms with Crippen LogP contribution in [0.5, 0.6) is 0 Å². The Bertz CT molecular complexity index is 171. The molecule has 0 aromatic heterocycles. The van der Waals surface area contributed by atoms with Crippen molar-refractivity contribution in [2.45, 2.75) is 19.6 Å². The Hall–Kier alpha value is -0.810. The smallest absolute Gasteiger partial charge is 0.227 e. The zero-order valence-electron chi connectivity index (χ0n) is 6.49. The van der Waals surface area contributed by atoms with Crippen molar-refractivity contribution in [3.05, 3.63) is 10.4 Å². The summed E-state index contributed by atoms with van der Waals surface area (Å²) in [6, 6.07) is 0. The first kappa shape index (κ1) is 8.29. The molecule has 1 heterocycles. The molecule has 1 fully saturated rings. The molecule has 0 aliphatic carbocycles. The summed E-state index contributed by atoms with van der Waals surface area (Å²) in [5.74, 6) is -0.681. The maximum Gasteiger partial charge on any atom is 0.227 e. The van der Waals surface area contributed by atoms with Gasteiger partial charge in [-0.3, -0.25) is 0 Å². The molecule has 0 unspecified atom stereocenters. The number of ether oxygens (including phenoxy) is 2. The SMILES string of the molecule is CC1(C)OCC(=[N+]([O-])[O-])CO1. The summed E-state index contributed by atoms with van der Waals surface area (Å²) in [6.07, 6.45) is 0. The average Bonchev–Trinajstić information content (AvgIpc) is 1.86. The van der Waals surface area contributed by atoms with Gasteiger partial charge in [0, 0.05) is 0 Å². The lowest BCUT2D eigenvalue weighted by atomic mass is 10.3. The molecular formula is C6H10NO4-. The van der Waals surface area contributed by atoms with Crippen LogP contribution >= 0.6 is 0 Å². The Kier molecular flexibility index (Phi) is 2.01. The predicted molar refractivity (Wildman–Crippen MR) is 38.0 cm³/mol. The Labute approximate surface area is 64.4 Å². The maximum absolute atomic E-state index is 10.2. The molecular weight excluding hydrogens is 150 g/mol. The van der Waals surface area contributed by atoms with Gasteiger partial charge in [0.2, 0.25) is 5.71 Å². The topological polar surface area (TPSA) is 67.6 Å².